The fourth-order valence-corrected chi connectivity index (χ4v) is 0.892. The number of hydrogen-bond donors (Lipinski definition) is 0. The fraction of sp³-hybridized carbons (Fsp3) is 0.222. The Labute approximate surface area is 62.8 Å². The molecular formula is C9H11B. The Hall–Kier alpha value is -0.845. The summed E-state index contributed by atoms with van der Waals surface area (Å²) in [5.41, 5.74) is 3.87. The van der Waals surface area contributed by atoms with Crippen molar-refractivity contribution < 1.29 is 0 Å². The molecule has 0 saturated heterocycles. The van der Waals surface area contributed by atoms with Gasteiger partial charge >= 0.3 is 62.0 Å². The van der Waals surface area contributed by atoms with Crippen molar-refractivity contribution in [1.82, 2.24) is 0 Å². The normalized spacial score (nSPS) is 9.00. The summed E-state index contributed by atoms with van der Waals surface area (Å²) in [7, 11) is 0. The van der Waals surface area contributed by atoms with Crippen LogP contribution in [0.15, 0.2) is 18.2 Å². The third-order valence-corrected chi connectivity index (χ3v) is 1.77. The topological polar surface area (TPSA) is 0 Å². The number of aryl methyl sites for hydroxylation is 2. The minimum atomic E-state index is 1.20. The maximum atomic E-state index is 3.70. The van der Waals surface area contributed by atoms with Crippen LogP contribution >= 0.6 is 0 Å². The van der Waals surface area contributed by atoms with Crippen molar-refractivity contribution in [3.8, 4) is 0 Å². The molecule has 0 spiro atoms. The first-order valence-corrected chi connectivity index (χ1v) is 3.43. The minimum absolute atomic E-state index is 1.20. The summed E-state index contributed by atoms with van der Waals surface area (Å²) < 4.78 is 0. The predicted molar refractivity (Wildman–Crippen MR) is 48.4 cm³/mol. The van der Waals surface area contributed by atoms with Crippen LogP contribution in [-0.2, 0) is 0 Å². The molecule has 0 fully saturated rings. The Kier molecular flexibility index (Phi) is 2.05. The van der Waals surface area contributed by atoms with Gasteiger partial charge in [0, 0.05) is 0 Å². The number of rotatable bonds is 1. The molecule has 0 radical (unpaired) electrons. The van der Waals surface area contributed by atoms with E-state index in [1.165, 1.54) is 16.6 Å². The molecule has 0 nitrogen and oxygen atoms in total. The second kappa shape index (κ2) is 2.83. The van der Waals surface area contributed by atoms with E-state index in [1.807, 2.05) is 6.92 Å². The SMILES string of the molecule is C=Bc1ccc(C)c(C)c1. The van der Waals surface area contributed by atoms with E-state index in [9.17, 15) is 0 Å². The van der Waals surface area contributed by atoms with Crippen LogP contribution in [0.4, 0.5) is 0 Å². The third-order valence-electron chi connectivity index (χ3n) is 1.77. The van der Waals surface area contributed by atoms with Gasteiger partial charge in [-0.1, -0.05) is 0 Å². The quantitative estimate of drug-likeness (QED) is 0.498. The predicted octanol–water partition coefficient (Wildman–Crippen LogP) is 1.06. The van der Waals surface area contributed by atoms with E-state index in [1.54, 1.807) is 0 Å². The number of benzene rings is 1. The van der Waals surface area contributed by atoms with Gasteiger partial charge in [-0.2, -0.15) is 0 Å². The Balaban J connectivity index is 3.16. The Morgan fingerprint density at radius 2 is 1.90 bits per heavy atom. The summed E-state index contributed by atoms with van der Waals surface area (Å²) in [5.74, 6) is 0. The summed E-state index contributed by atoms with van der Waals surface area (Å²) in [4.78, 5) is 0. The molecule has 0 bridgehead atoms. The summed E-state index contributed by atoms with van der Waals surface area (Å²) in [5, 5.41) is 0. The molecule has 1 heteroatoms. The van der Waals surface area contributed by atoms with Crippen molar-refractivity contribution >= 4 is 18.9 Å². The zero-order valence-electron chi connectivity index (χ0n) is 6.52. The van der Waals surface area contributed by atoms with Crippen molar-refractivity contribution in [2.45, 2.75) is 13.8 Å². The standard InChI is InChI=1S/C9H11B/c1-7-4-5-9(10-3)6-8(7)2/h4-6H,3H2,1-2H3. The van der Waals surface area contributed by atoms with Gasteiger partial charge < -0.3 is 0 Å². The van der Waals surface area contributed by atoms with E-state index in [0.29, 0.717) is 0 Å². The van der Waals surface area contributed by atoms with Gasteiger partial charge in [0.15, 0.2) is 0 Å². The van der Waals surface area contributed by atoms with Crippen LogP contribution in [0, 0.1) is 13.8 Å². The molecule has 0 aromatic heterocycles. The van der Waals surface area contributed by atoms with Gasteiger partial charge in [-0.3, -0.25) is 0 Å². The van der Waals surface area contributed by atoms with Crippen LogP contribution in [0.1, 0.15) is 11.1 Å². The molecule has 0 aliphatic carbocycles. The van der Waals surface area contributed by atoms with Gasteiger partial charge in [0.25, 0.3) is 0 Å². The molecule has 0 N–H and O–H groups in total. The zero-order valence-corrected chi connectivity index (χ0v) is 6.52. The van der Waals surface area contributed by atoms with Crippen LogP contribution < -0.4 is 5.46 Å². The van der Waals surface area contributed by atoms with E-state index in [4.69, 9.17) is 0 Å². The molecule has 0 heterocycles. The molecule has 1 aromatic carbocycles. The Morgan fingerprint density at radius 1 is 1.20 bits per heavy atom. The average molecular weight is 130 g/mol. The molecule has 0 unspecified atom stereocenters. The monoisotopic (exact) mass is 130 g/mol. The first kappa shape index (κ1) is 7.26. The Bertz CT molecular complexity index is 251. The van der Waals surface area contributed by atoms with Crippen LogP contribution in [0.5, 0.6) is 0 Å². The van der Waals surface area contributed by atoms with Gasteiger partial charge in [-0.25, -0.2) is 0 Å². The molecule has 0 atom stereocenters. The second-order valence-corrected chi connectivity index (χ2v) is 2.55. The van der Waals surface area contributed by atoms with E-state index in [-0.39, 0.29) is 0 Å². The van der Waals surface area contributed by atoms with Gasteiger partial charge in [0.05, 0.1) is 0 Å². The maximum absolute atomic E-state index is 3.70. The molecule has 0 amide bonds. The summed E-state index contributed by atoms with van der Waals surface area (Å²) >= 11 is 0. The summed E-state index contributed by atoms with van der Waals surface area (Å²) in [6, 6.07) is 6.34. The molecule has 0 aliphatic rings. The van der Waals surface area contributed by atoms with Crippen molar-refractivity contribution in [3.63, 3.8) is 0 Å². The van der Waals surface area contributed by atoms with Crippen LogP contribution in [0.2, 0.25) is 0 Å². The molecule has 0 aliphatic heterocycles. The van der Waals surface area contributed by atoms with Crippen LogP contribution in [-0.4, -0.2) is 13.4 Å². The molecule has 1 rings (SSSR count). The first-order chi connectivity index (χ1) is 4.74. The fourth-order valence-electron chi connectivity index (χ4n) is 0.892. The van der Waals surface area contributed by atoms with Crippen LogP contribution in [0.3, 0.4) is 0 Å². The van der Waals surface area contributed by atoms with E-state index in [0.717, 1.165) is 0 Å². The number of hydrogen-bond acceptors (Lipinski definition) is 0. The molecule has 0 saturated carbocycles. The van der Waals surface area contributed by atoms with Crippen molar-refractivity contribution in [3.05, 3.63) is 29.3 Å². The first-order valence-electron chi connectivity index (χ1n) is 3.43. The molecular weight excluding hydrogens is 119 g/mol. The van der Waals surface area contributed by atoms with E-state index >= 15 is 0 Å². The third kappa shape index (κ3) is 1.35. The second-order valence-electron chi connectivity index (χ2n) is 2.55. The van der Waals surface area contributed by atoms with Gasteiger partial charge in [-0.05, 0) is 0 Å². The van der Waals surface area contributed by atoms with E-state index in [2.05, 4.69) is 38.5 Å². The molecule has 1 aromatic rings. The van der Waals surface area contributed by atoms with Gasteiger partial charge in [-0.15, -0.1) is 0 Å². The van der Waals surface area contributed by atoms with Crippen molar-refractivity contribution in [2.24, 2.45) is 0 Å². The van der Waals surface area contributed by atoms with Gasteiger partial charge in [0.1, 0.15) is 0 Å². The van der Waals surface area contributed by atoms with E-state index < -0.39 is 0 Å². The Morgan fingerprint density at radius 3 is 2.40 bits per heavy atom. The average Bonchev–Trinajstić information content (AvgIpc) is 1.95. The zero-order chi connectivity index (χ0) is 7.56. The molecule has 50 valence electrons. The van der Waals surface area contributed by atoms with Crippen LogP contribution in [0.25, 0.3) is 0 Å². The van der Waals surface area contributed by atoms with Crippen molar-refractivity contribution in [2.75, 3.05) is 0 Å². The summed E-state index contributed by atoms with van der Waals surface area (Å²) in [6.45, 7) is 9.80. The molecule has 10 heavy (non-hydrogen) atoms. The van der Waals surface area contributed by atoms with Crippen molar-refractivity contribution in [1.29, 1.82) is 0 Å². The van der Waals surface area contributed by atoms with Gasteiger partial charge in [0.2, 0.25) is 0 Å². The summed E-state index contributed by atoms with van der Waals surface area (Å²) in [6.07, 6.45) is 0.